The molecule has 2 nitrogen and oxygen atoms in total. The minimum atomic E-state index is 0.388. The zero-order valence-electron chi connectivity index (χ0n) is 7.92. The second-order valence-corrected chi connectivity index (χ2v) is 4.42. The summed E-state index contributed by atoms with van der Waals surface area (Å²) < 4.78 is 0. The predicted octanol–water partition coefficient (Wildman–Crippen LogP) is 1.80. The van der Waals surface area contributed by atoms with E-state index in [2.05, 4.69) is 18.7 Å². The third-order valence-corrected chi connectivity index (χ3v) is 3.27. The quantitative estimate of drug-likeness (QED) is 0.538. The molecule has 68 valence electrons. The number of amides is 1. The Morgan fingerprint density at radius 3 is 2.83 bits per heavy atom. The van der Waals surface area contributed by atoms with Gasteiger partial charge < -0.3 is 4.90 Å². The third kappa shape index (κ3) is 1.13. The number of nitrogens with zero attached hydrogens (tertiary/aromatic N) is 1. The maximum absolute atomic E-state index is 11.5. The first-order valence-electron chi connectivity index (χ1n) is 4.99. The molecular formula is C10H17NO. The van der Waals surface area contributed by atoms with Gasteiger partial charge in [0.1, 0.15) is 0 Å². The fraction of sp³-hybridized carbons (Fsp3) is 0.900. The molecule has 1 amide bonds. The standard InChI is InChI=1S/C10H17NO/c1-7-5-8(2)11-9(6-7)3-4-10(11)12/h7-9H,3-6H2,1-2H3/t7-,8-,9-/m1/s1. The summed E-state index contributed by atoms with van der Waals surface area (Å²) in [6.07, 6.45) is 4.33. The lowest BCUT2D eigenvalue weighted by molar-refractivity contribution is -0.132. The van der Waals surface area contributed by atoms with Crippen LogP contribution >= 0.6 is 0 Å². The van der Waals surface area contributed by atoms with E-state index in [9.17, 15) is 4.79 Å². The van der Waals surface area contributed by atoms with E-state index >= 15 is 0 Å². The topological polar surface area (TPSA) is 20.3 Å². The molecule has 12 heavy (non-hydrogen) atoms. The number of hydrogen-bond acceptors (Lipinski definition) is 1. The highest BCUT2D eigenvalue weighted by molar-refractivity contribution is 5.79. The first-order valence-corrected chi connectivity index (χ1v) is 4.99. The number of piperidine rings is 1. The van der Waals surface area contributed by atoms with Crippen LogP contribution in [-0.4, -0.2) is 22.9 Å². The summed E-state index contributed by atoms with van der Waals surface area (Å²) in [5.74, 6) is 1.20. The SMILES string of the molecule is C[C@H]1C[C@H]2CCC(=O)N2[C@H](C)C1. The summed E-state index contributed by atoms with van der Waals surface area (Å²) in [5.41, 5.74) is 0. The van der Waals surface area contributed by atoms with Crippen molar-refractivity contribution in [3.63, 3.8) is 0 Å². The summed E-state index contributed by atoms with van der Waals surface area (Å²) in [5, 5.41) is 0. The van der Waals surface area contributed by atoms with Gasteiger partial charge in [0.25, 0.3) is 0 Å². The smallest absolute Gasteiger partial charge is 0.223 e. The van der Waals surface area contributed by atoms with Crippen LogP contribution in [0.15, 0.2) is 0 Å². The lowest BCUT2D eigenvalue weighted by Gasteiger charge is -2.39. The van der Waals surface area contributed by atoms with Crippen LogP contribution in [0.25, 0.3) is 0 Å². The maximum Gasteiger partial charge on any atom is 0.223 e. The average Bonchev–Trinajstić information content (AvgIpc) is 2.31. The number of rotatable bonds is 0. The van der Waals surface area contributed by atoms with Crippen LogP contribution in [0.4, 0.5) is 0 Å². The van der Waals surface area contributed by atoms with Crippen molar-refractivity contribution in [2.75, 3.05) is 0 Å². The molecule has 0 aromatic heterocycles. The van der Waals surface area contributed by atoms with E-state index in [1.807, 2.05) is 0 Å². The van der Waals surface area contributed by atoms with Crippen LogP contribution < -0.4 is 0 Å². The van der Waals surface area contributed by atoms with E-state index < -0.39 is 0 Å². The minimum absolute atomic E-state index is 0.388. The number of carbonyl (C=O) groups excluding carboxylic acids is 1. The zero-order valence-corrected chi connectivity index (χ0v) is 7.92. The summed E-state index contributed by atoms with van der Waals surface area (Å²) >= 11 is 0. The molecule has 0 bridgehead atoms. The molecule has 0 unspecified atom stereocenters. The third-order valence-electron chi connectivity index (χ3n) is 3.27. The van der Waals surface area contributed by atoms with Gasteiger partial charge in [0.2, 0.25) is 5.91 Å². The van der Waals surface area contributed by atoms with Gasteiger partial charge in [-0.2, -0.15) is 0 Å². The van der Waals surface area contributed by atoms with Crippen LogP contribution in [0, 0.1) is 5.92 Å². The average molecular weight is 167 g/mol. The van der Waals surface area contributed by atoms with E-state index in [0.29, 0.717) is 18.0 Å². The predicted molar refractivity (Wildman–Crippen MR) is 47.7 cm³/mol. The van der Waals surface area contributed by atoms with E-state index in [1.165, 1.54) is 12.8 Å². The Morgan fingerprint density at radius 1 is 1.33 bits per heavy atom. The Balaban J connectivity index is 2.14. The molecule has 2 fully saturated rings. The molecule has 2 aliphatic rings. The summed E-state index contributed by atoms with van der Waals surface area (Å²) in [7, 11) is 0. The molecule has 2 saturated heterocycles. The minimum Gasteiger partial charge on any atom is -0.337 e. The van der Waals surface area contributed by atoms with Gasteiger partial charge in [0.05, 0.1) is 0 Å². The van der Waals surface area contributed by atoms with Gasteiger partial charge >= 0.3 is 0 Å². The van der Waals surface area contributed by atoms with Crippen LogP contribution in [-0.2, 0) is 4.79 Å². The molecule has 0 aliphatic carbocycles. The Bertz CT molecular complexity index is 202. The van der Waals surface area contributed by atoms with Crippen LogP contribution in [0.1, 0.15) is 39.5 Å². The van der Waals surface area contributed by atoms with E-state index in [0.717, 1.165) is 18.8 Å². The van der Waals surface area contributed by atoms with Gasteiger partial charge in [-0.1, -0.05) is 6.92 Å². The molecule has 0 aromatic carbocycles. The second kappa shape index (κ2) is 2.75. The Morgan fingerprint density at radius 2 is 2.08 bits per heavy atom. The largest absolute Gasteiger partial charge is 0.337 e. The number of hydrogen-bond donors (Lipinski definition) is 0. The van der Waals surface area contributed by atoms with Gasteiger partial charge in [0.15, 0.2) is 0 Å². The van der Waals surface area contributed by atoms with Crippen molar-refractivity contribution in [1.29, 1.82) is 0 Å². The molecule has 0 aromatic rings. The van der Waals surface area contributed by atoms with Crippen molar-refractivity contribution in [1.82, 2.24) is 4.90 Å². The first kappa shape index (κ1) is 8.09. The summed E-state index contributed by atoms with van der Waals surface area (Å²) in [6.45, 7) is 4.49. The molecule has 2 heteroatoms. The monoisotopic (exact) mass is 167 g/mol. The highest BCUT2D eigenvalue weighted by Crippen LogP contribution is 2.34. The fourth-order valence-electron chi connectivity index (χ4n) is 2.86. The van der Waals surface area contributed by atoms with Crippen molar-refractivity contribution < 1.29 is 4.79 Å². The number of carbonyl (C=O) groups is 1. The molecule has 0 radical (unpaired) electrons. The van der Waals surface area contributed by atoms with Crippen molar-refractivity contribution >= 4 is 5.91 Å². The maximum atomic E-state index is 11.5. The van der Waals surface area contributed by atoms with E-state index in [1.54, 1.807) is 0 Å². The Labute approximate surface area is 73.9 Å². The van der Waals surface area contributed by atoms with Crippen molar-refractivity contribution in [3.8, 4) is 0 Å². The second-order valence-electron chi connectivity index (χ2n) is 4.42. The first-order chi connectivity index (χ1) is 5.68. The normalized spacial score (nSPS) is 41.7. The van der Waals surface area contributed by atoms with Crippen molar-refractivity contribution in [2.45, 2.75) is 51.6 Å². The van der Waals surface area contributed by atoms with E-state index in [4.69, 9.17) is 0 Å². The van der Waals surface area contributed by atoms with Crippen LogP contribution in [0.5, 0.6) is 0 Å². The molecule has 0 saturated carbocycles. The van der Waals surface area contributed by atoms with Crippen molar-refractivity contribution in [2.24, 2.45) is 5.92 Å². The van der Waals surface area contributed by atoms with Crippen LogP contribution in [0.3, 0.4) is 0 Å². The Hall–Kier alpha value is -0.530. The lowest BCUT2D eigenvalue weighted by Crippen LogP contribution is -2.45. The van der Waals surface area contributed by atoms with Gasteiger partial charge in [-0.3, -0.25) is 4.79 Å². The summed E-state index contributed by atoms with van der Waals surface area (Å²) in [4.78, 5) is 13.6. The van der Waals surface area contributed by atoms with Crippen molar-refractivity contribution in [3.05, 3.63) is 0 Å². The van der Waals surface area contributed by atoms with E-state index in [-0.39, 0.29) is 0 Å². The molecule has 2 rings (SSSR count). The molecular weight excluding hydrogens is 150 g/mol. The molecule has 2 heterocycles. The van der Waals surface area contributed by atoms with Gasteiger partial charge in [-0.25, -0.2) is 0 Å². The van der Waals surface area contributed by atoms with Gasteiger partial charge in [-0.05, 0) is 32.1 Å². The number of fused-ring (bicyclic) bond motifs is 1. The highest BCUT2D eigenvalue weighted by Gasteiger charge is 2.38. The molecule has 0 spiro atoms. The molecule has 3 atom stereocenters. The highest BCUT2D eigenvalue weighted by atomic mass is 16.2. The molecule has 0 N–H and O–H groups in total. The van der Waals surface area contributed by atoms with Gasteiger partial charge in [-0.15, -0.1) is 0 Å². The lowest BCUT2D eigenvalue weighted by atomic mass is 9.89. The zero-order chi connectivity index (χ0) is 8.72. The fourth-order valence-corrected chi connectivity index (χ4v) is 2.86. The van der Waals surface area contributed by atoms with Gasteiger partial charge in [0, 0.05) is 18.5 Å². The summed E-state index contributed by atoms with van der Waals surface area (Å²) in [6, 6.07) is 1.07. The Kier molecular flexibility index (Phi) is 1.85. The molecule has 2 aliphatic heterocycles. The van der Waals surface area contributed by atoms with Crippen LogP contribution in [0.2, 0.25) is 0 Å².